The van der Waals surface area contributed by atoms with Crippen LogP contribution in [0.2, 0.25) is 0 Å². The van der Waals surface area contributed by atoms with Gasteiger partial charge in [0.15, 0.2) is 6.29 Å². The quantitative estimate of drug-likeness (QED) is 0.170. The molecule has 1 fully saturated rings. The van der Waals surface area contributed by atoms with Crippen molar-refractivity contribution in [3.63, 3.8) is 0 Å². The topological polar surface area (TPSA) is 169 Å². The van der Waals surface area contributed by atoms with E-state index in [1.54, 1.807) is 0 Å². The van der Waals surface area contributed by atoms with E-state index in [0.717, 1.165) is 6.92 Å². The number of aliphatic hydroxyl groups excluding tert-OH is 3. The SMILES string of the molecule is CC([O-])=N[C@@H]1[C@@H](O)[C@H](O)[C@@H](COS(=O)(=O)O)O[C@H]1O.[Na+]. The number of hydrogen-bond acceptors (Lipinski definition) is 9. The van der Waals surface area contributed by atoms with Crippen LogP contribution in [0, 0.1) is 0 Å². The molecule has 0 radical (unpaired) electrons. The van der Waals surface area contributed by atoms with Crippen molar-refractivity contribution in [2.75, 3.05) is 6.61 Å². The van der Waals surface area contributed by atoms with E-state index in [1.165, 1.54) is 0 Å². The summed E-state index contributed by atoms with van der Waals surface area (Å²) in [6.07, 6.45) is -6.44. The van der Waals surface area contributed by atoms with Gasteiger partial charge in [0.1, 0.15) is 24.4 Å². The summed E-state index contributed by atoms with van der Waals surface area (Å²) < 4.78 is 37.8. The summed E-state index contributed by atoms with van der Waals surface area (Å²) in [7, 11) is -4.75. The van der Waals surface area contributed by atoms with E-state index in [4.69, 9.17) is 9.29 Å². The second kappa shape index (κ2) is 7.98. The molecule has 1 rings (SSSR count). The van der Waals surface area contributed by atoms with Gasteiger partial charge in [-0.3, -0.25) is 9.55 Å². The Morgan fingerprint density at radius 2 is 1.90 bits per heavy atom. The second-order valence-electron chi connectivity index (χ2n) is 3.90. The molecule has 0 amide bonds. The Morgan fingerprint density at radius 1 is 1.35 bits per heavy atom. The first-order valence-corrected chi connectivity index (χ1v) is 6.51. The average molecular weight is 323 g/mol. The van der Waals surface area contributed by atoms with Gasteiger partial charge in [0, 0.05) is 0 Å². The number of hydrogen-bond donors (Lipinski definition) is 4. The predicted molar refractivity (Wildman–Crippen MR) is 57.3 cm³/mol. The van der Waals surface area contributed by atoms with Crippen molar-refractivity contribution in [3.8, 4) is 0 Å². The largest absolute Gasteiger partial charge is 1.00 e. The van der Waals surface area contributed by atoms with Gasteiger partial charge in [-0.2, -0.15) is 8.42 Å². The van der Waals surface area contributed by atoms with Crippen LogP contribution < -0.4 is 34.7 Å². The smallest absolute Gasteiger partial charge is 0.862 e. The number of rotatable bonds is 4. The van der Waals surface area contributed by atoms with E-state index in [0.29, 0.717) is 0 Å². The van der Waals surface area contributed by atoms with Gasteiger partial charge >= 0.3 is 40.0 Å². The van der Waals surface area contributed by atoms with Crippen LogP contribution in [0.1, 0.15) is 6.92 Å². The summed E-state index contributed by atoms with van der Waals surface area (Å²) in [5.41, 5.74) is 0. The minimum atomic E-state index is -4.75. The van der Waals surface area contributed by atoms with Crippen molar-refractivity contribution >= 4 is 16.3 Å². The summed E-state index contributed by atoms with van der Waals surface area (Å²) in [5.74, 6) is -0.688. The van der Waals surface area contributed by atoms with Crippen LogP contribution in [-0.2, 0) is 19.3 Å². The average Bonchev–Trinajstić information content (AvgIpc) is 2.26. The molecular formula is C8H14NNaO9S. The van der Waals surface area contributed by atoms with Crippen molar-refractivity contribution in [1.82, 2.24) is 0 Å². The van der Waals surface area contributed by atoms with Gasteiger partial charge in [0.25, 0.3) is 0 Å². The molecule has 1 aliphatic heterocycles. The van der Waals surface area contributed by atoms with E-state index in [9.17, 15) is 28.8 Å². The fourth-order valence-corrected chi connectivity index (χ4v) is 1.88. The number of aliphatic hydroxyl groups is 3. The predicted octanol–water partition coefficient (Wildman–Crippen LogP) is -6.60. The zero-order valence-electron chi connectivity index (χ0n) is 10.8. The van der Waals surface area contributed by atoms with Gasteiger partial charge in [0.2, 0.25) is 0 Å². The molecule has 20 heavy (non-hydrogen) atoms. The number of nitrogens with zero attached hydrogens (tertiary/aromatic N) is 1. The molecule has 1 aliphatic rings. The third kappa shape index (κ3) is 5.89. The van der Waals surface area contributed by atoms with Crippen LogP contribution in [-0.4, -0.2) is 71.4 Å². The molecule has 12 heteroatoms. The Bertz CT molecular complexity index is 437. The molecular weight excluding hydrogens is 309 g/mol. The third-order valence-corrected chi connectivity index (χ3v) is 2.83. The molecule has 0 aliphatic carbocycles. The standard InChI is InChI=1S/C8H15NO9S.Na/c1-3(10)9-5-7(12)6(11)4(18-8(5)13)2-17-19(14,15)16;/h4-8,11-13H,2H2,1H3,(H,9,10)(H,14,15,16);/q;+1/p-1/t4-,5-,6-,7-,8-;/m1./s1. The van der Waals surface area contributed by atoms with Crippen LogP contribution in [0.4, 0.5) is 0 Å². The van der Waals surface area contributed by atoms with Gasteiger partial charge in [-0.1, -0.05) is 0 Å². The fraction of sp³-hybridized carbons (Fsp3) is 0.875. The van der Waals surface area contributed by atoms with E-state index in [-0.39, 0.29) is 29.6 Å². The van der Waals surface area contributed by atoms with Crippen molar-refractivity contribution < 1.29 is 71.9 Å². The van der Waals surface area contributed by atoms with Crippen molar-refractivity contribution in [2.45, 2.75) is 37.6 Å². The zero-order chi connectivity index (χ0) is 14.8. The molecule has 112 valence electrons. The summed E-state index contributed by atoms with van der Waals surface area (Å²) in [5, 5.41) is 39.6. The van der Waals surface area contributed by atoms with E-state index < -0.39 is 53.5 Å². The molecule has 1 saturated heterocycles. The summed E-state index contributed by atoms with van der Waals surface area (Å²) >= 11 is 0. The fourth-order valence-electron chi connectivity index (χ4n) is 1.57. The molecule has 10 nitrogen and oxygen atoms in total. The van der Waals surface area contributed by atoms with E-state index >= 15 is 0 Å². The number of ether oxygens (including phenoxy) is 1. The summed E-state index contributed by atoms with van der Waals surface area (Å²) in [6, 6.07) is -1.39. The van der Waals surface area contributed by atoms with Crippen LogP contribution in [0.5, 0.6) is 0 Å². The Labute approximate surface area is 137 Å². The van der Waals surface area contributed by atoms with Crippen molar-refractivity contribution in [3.05, 3.63) is 0 Å². The first kappa shape index (κ1) is 20.2. The first-order chi connectivity index (χ1) is 8.61. The summed E-state index contributed by atoms with van der Waals surface area (Å²) in [6.45, 7) is 0.264. The Hall–Kier alpha value is 0.180. The molecule has 0 aromatic carbocycles. The number of aliphatic imine (C=N–C) groups is 1. The maximum atomic E-state index is 10.8. The van der Waals surface area contributed by atoms with Gasteiger partial charge in [-0.05, 0) is 12.8 Å². The minimum absolute atomic E-state index is 0. The van der Waals surface area contributed by atoms with Crippen molar-refractivity contribution in [1.29, 1.82) is 0 Å². The molecule has 5 atom stereocenters. The van der Waals surface area contributed by atoms with E-state index in [2.05, 4.69) is 9.18 Å². The molecule has 0 unspecified atom stereocenters. The third-order valence-electron chi connectivity index (χ3n) is 2.40. The Morgan fingerprint density at radius 3 is 2.35 bits per heavy atom. The van der Waals surface area contributed by atoms with Gasteiger partial charge in [-0.15, -0.1) is 0 Å². The van der Waals surface area contributed by atoms with Crippen LogP contribution in [0.15, 0.2) is 4.99 Å². The van der Waals surface area contributed by atoms with Crippen LogP contribution >= 0.6 is 0 Å². The van der Waals surface area contributed by atoms with Crippen LogP contribution in [0.3, 0.4) is 0 Å². The minimum Gasteiger partial charge on any atom is -0.862 e. The Kier molecular flexibility index (Phi) is 8.05. The molecule has 4 N–H and O–H groups in total. The summed E-state index contributed by atoms with van der Waals surface area (Å²) in [4.78, 5) is 3.36. The maximum Gasteiger partial charge on any atom is 1.00 e. The van der Waals surface area contributed by atoms with E-state index in [1.807, 2.05) is 0 Å². The van der Waals surface area contributed by atoms with Gasteiger partial charge < -0.3 is 25.2 Å². The maximum absolute atomic E-state index is 10.8. The normalized spacial score (nSPS) is 35.5. The van der Waals surface area contributed by atoms with Gasteiger partial charge in [0.05, 0.1) is 6.61 Å². The molecule has 0 spiro atoms. The van der Waals surface area contributed by atoms with Crippen LogP contribution in [0.25, 0.3) is 0 Å². The molecule has 0 aromatic rings. The van der Waals surface area contributed by atoms with Crippen molar-refractivity contribution in [2.24, 2.45) is 4.99 Å². The second-order valence-corrected chi connectivity index (χ2v) is 4.99. The first-order valence-electron chi connectivity index (χ1n) is 5.14. The molecule has 0 bridgehead atoms. The molecule has 0 aromatic heterocycles. The molecule has 1 heterocycles. The van der Waals surface area contributed by atoms with Gasteiger partial charge in [-0.25, -0.2) is 4.18 Å². The zero-order valence-corrected chi connectivity index (χ0v) is 13.6. The Balaban J connectivity index is 0.00000361. The monoisotopic (exact) mass is 323 g/mol. The molecule has 0 saturated carbocycles.